The summed E-state index contributed by atoms with van der Waals surface area (Å²) in [6.07, 6.45) is -1.05. The van der Waals surface area contributed by atoms with Crippen LogP contribution in [0.2, 0.25) is 0 Å². The van der Waals surface area contributed by atoms with E-state index in [1.807, 2.05) is 0 Å². The predicted molar refractivity (Wildman–Crippen MR) is 137 cm³/mol. The molecule has 0 atom stereocenters. The fourth-order valence-electron chi connectivity index (χ4n) is 5.38. The van der Waals surface area contributed by atoms with Crippen LogP contribution in [0, 0.1) is 41.0 Å². The second kappa shape index (κ2) is 12.3. The van der Waals surface area contributed by atoms with Crippen LogP contribution in [0.25, 0.3) is 10.8 Å². The van der Waals surface area contributed by atoms with E-state index >= 15 is 0 Å². The van der Waals surface area contributed by atoms with Crippen LogP contribution in [0.1, 0.15) is 80.9 Å². The summed E-state index contributed by atoms with van der Waals surface area (Å²) < 4.78 is 130. The van der Waals surface area contributed by atoms with Gasteiger partial charge in [0.05, 0.1) is 16.5 Å². The van der Waals surface area contributed by atoms with Crippen LogP contribution in [0.5, 0.6) is 5.75 Å². The van der Waals surface area contributed by atoms with Gasteiger partial charge in [0.25, 0.3) is 0 Å². The van der Waals surface area contributed by atoms with Crippen molar-refractivity contribution >= 4 is 10.8 Å². The molecule has 0 N–H and O–H groups in total. The summed E-state index contributed by atoms with van der Waals surface area (Å²) >= 11 is 0. The molecular weight excluding hydrogens is 559 g/mol. The first kappa shape index (κ1) is 30.6. The van der Waals surface area contributed by atoms with E-state index in [0.29, 0.717) is 35.6 Å². The molecule has 1 fully saturated rings. The molecule has 4 rings (SSSR count). The molecule has 1 aliphatic rings. The van der Waals surface area contributed by atoms with E-state index in [9.17, 15) is 39.5 Å². The summed E-state index contributed by atoms with van der Waals surface area (Å²) in [5.41, 5.74) is -1.84. The summed E-state index contributed by atoms with van der Waals surface area (Å²) in [7, 11) is 0. The van der Waals surface area contributed by atoms with Gasteiger partial charge in [-0.05, 0) is 72.7 Å². The van der Waals surface area contributed by atoms with Gasteiger partial charge in [-0.2, -0.15) is 22.0 Å². The Bertz CT molecular complexity index is 1460. The van der Waals surface area contributed by atoms with Crippen molar-refractivity contribution in [1.29, 1.82) is 0 Å². The minimum absolute atomic E-state index is 0.0422. The van der Waals surface area contributed by atoms with Crippen LogP contribution in [0.3, 0.4) is 0 Å². The number of ether oxygens (including phenoxy) is 1. The summed E-state index contributed by atoms with van der Waals surface area (Å²) in [5, 5.41) is -1.58. The molecule has 220 valence electrons. The molecule has 0 aliphatic heterocycles. The van der Waals surface area contributed by atoms with Gasteiger partial charge in [0.15, 0.2) is 5.82 Å². The molecule has 0 amide bonds. The second-order valence-corrected chi connectivity index (χ2v) is 10.4. The van der Waals surface area contributed by atoms with Crippen molar-refractivity contribution < 1.29 is 44.3 Å². The average Bonchev–Trinajstić information content (AvgIpc) is 2.87. The predicted octanol–water partition coefficient (Wildman–Crippen LogP) is 10.3. The summed E-state index contributed by atoms with van der Waals surface area (Å²) in [6.45, 7) is 2.14. The quantitative estimate of drug-likeness (QED) is 0.145. The first-order valence-electron chi connectivity index (χ1n) is 13.4. The standard InChI is InChI=1S/C31H27F9O/c1-2-3-4-5-18-6-8-19(9-7-18)20-10-11-24(26(33)15-20)31(39,40)41-22-14-21-16-25(32)23(12-13-30(36,37)38)29(35)28(21)27(34)17-22/h10-11,14-19H,2-9H2,1H3. The van der Waals surface area contributed by atoms with Gasteiger partial charge in [0.2, 0.25) is 0 Å². The molecule has 1 nitrogen and oxygen atoms in total. The van der Waals surface area contributed by atoms with Gasteiger partial charge in [-0.25, -0.2) is 17.6 Å². The molecule has 0 radical (unpaired) electrons. The molecule has 0 saturated heterocycles. The molecular formula is C31H27F9O. The smallest absolute Gasteiger partial charge is 0.429 e. The molecule has 0 heterocycles. The minimum Gasteiger partial charge on any atom is -0.429 e. The number of benzene rings is 3. The third kappa shape index (κ3) is 7.30. The molecule has 0 bridgehead atoms. The molecule has 3 aromatic rings. The molecule has 41 heavy (non-hydrogen) atoms. The van der Waals surface area contributed by atoms with Gasteiger partial charge < -0.3 is 4.74 Å². The SMILES string of the molecule is CCCCCC1CCC(c2ccc(C(F)(F)Oc3cc(F)c4c(F)c(C#CC(F)(F)F)c(F)cc4c3)c(F)c2)CC1. The lowest BCUT2D eigenvalue weighted by molar-refractivity contribution is -0.187. The van der Waals surface area contributed by atoms with Crippen LogP contribution < -0.4 is 4.74 Å². The number of alkyl halides is 5. The maximum Gasteiger partial charge on any atom is 0.458 e. The van der Waals surface area contributed by atoms with Crippen LogP contribution in [0.15, 0.2) is 36.4 Å². The Morgan fingerprint density at radius 3 is 2.17 bits per heavy atom. The maximum atomic E-state index is 15.0. The van der Waals surface area contributed by atoms with Gasteiger partial charge in [-0.3, -0.25) is 0 Å². The van der Waals surface area contributed by atoms with E-state index < -0.39 is 63.2 Å². The zero-order chi connectivity index (χ0) is 29.9. The highest BCUT2D eigenvalue weighted by Crippen LogP contribution is 2.41. The van der Waals surface area contributed by atoms with Crippen molar-refractivity contribution in [3.05, 3.63) is 76.4 Å². The minimum atomic E-state index is -5.06. The Balaban J connectivity index is 1.53. The molecule has 1 saturated carbocycles. The van der Waals surface area contributed by atoms with Crippen molar-refractivity contribution in [3.63, 3.8) is 0 Å². The summed E-state index contributed by atoms with van der Waals surface area (Å²) in [4.78, 5) is 0. The van der Waals surface area contributed by atoms with Crippen molar-refractivity contribution in [1.82, 2.24) is 0 Å². The Labute approximate surface area is 231 Å². The van der Waals surface area contributed by atoms with Crippen LogP contribution >= 0.6 is 0 Å². The van der Waals surface area contributed by atoms with E-state index in [0.717, 1.165) is 50.7 Å². The number of rotatable bonds is 8. The van der Waals surface area contributed by atoms with Crippen molar-refractivity contribution in [3.8, 4) is 17.6 Å². The van der Waals surface area contributed by atoms with E-state index in [4.69, 9.17) is 0 Å². The molecule has 10 heteroatoms. The first-order valence-corrected chi connectivity index (χ1v) is 13.4. The van der Waals surface area contributed by atoms with Crippen LogP contribution in [0.4, 0.5) is 39.5 Å². The molecule has 0 spiro atoms. The average molecular weight is 587 g/mol. The monoisotopic (exact) mass is 586 g/mol. The van der Waals surface area contributed by atoms with E-state index in [1.54, 1.807) is 0 Å². The first-order chi connectivity index (χ1) is 19.3. The lowest BCUT2D eigenvalue weighted by Gasteiger charge is -2.29. The van der Waals surface area contributed by atoms with Gasteiger partial charge in [0.1, 0.15) is 23.2 Å². The summed E-state index contributed by atoms with van der Waals surface area (Å²) in [6, 6.07) is 4.83. The highest BCUT2D eigenvalue weighted by atomic mass is 19.4. The zero-order valence-electron chi connectivity index (χ0n) is 22.1. The lowest BCUT2D eigenvalue weighted by atomic mass is 9.77. The summed E-state index contributed by atoms with van der Waals surface area (Å²) in [5.74, 6) is -4.28. The van der Waals surface area contributed by atoms with E-state index in [2.05, 4.69) is 11.7 Å². The highest BCUT2D eigenvalue weighted by molar-refractivity contribution is 5.87. The molecule has 0 aromatic heterocycles. The normalized spacial score (nSPS) is 17.8. The highest BCUT2D eigenvalue weighted by Gasteiger charge is 2.38. The fourth-order valence-corrected chi connectivity index (χ4v) is 5.38. The third-order valence-corrected chi connectivity index (χ3v) is 7.47. The van der Waals surface area contributed by atoms with Gasteiger partial charge in [0, 0.05) is 12.0 Å². The fraction of sp³-hybridized carbons (Fsp3) is 0.419. The third-order valence-electron chi connectivity index (χ3n) is 7.47. The number of halogens is 9. The molecule has 1 aliphatic carbocycles. The number of hydrogen-bond donors (Lipinski definition) is 0. The lowest BCUT2D eigenvalue weighted by Crippen LogP contribution is -2.24. The Morgan fingerprint density at radius 1 is 0.829 bits per heavy atom. The maximum absolute atomic E-state index is 15.0. The second-order valence-electron chi connectivity index (χ2n) is 10.4. The van der Waals surface area contributed by atoms with E-state index in [1.165, 1.54) is 24.8 Å². The molecule has 3 aromatic carbocycles. The Hall–Kier alpha value is -3.35. The topological polar surface area (TPSA) is 9.23 Å². The number of hydrogen-bond acceptors (Lipinski definition) is 1. The van der Waals surface area contributed by atoms with Crippen LogP contribution in [-0.2, 0) is 6.11 Å². The van der Waals surface area contributed by atoms with Crippen molar-refractivity contribution in [2.75, 3.05) is 0 Å². The zero-order valence-corrected chi connectivity index (χ0v) is 22.1. The largest absolute Gasteiger partial charge is 0.458 e. The van der Waals surface area contributed by atoms with Gasteiger partial charge >= 0.3 is 12.3 Å². The Morgan fingerprint density at radius 2 is 1.54 bits per heavy atom. The van der Waals surface area contributed by atoms with Gasteiger partial charge in [-0.1, -0.05) is 44.6 Å². The molecule has 0 unspecified atom stereocenters. The van der Waals surface area contributed by atoms with Crippen molar-refractivity contribution in [2.24, 2.45) is 5.92 Å². The number of fused-ring (bicyclic) bond motifs is 1. The van der Waals surface area contributed by atoms with Crippen molar-refractivity contribution in [2.45, 2.75) is 76.5 Å². The Kier molecular flexibility index (Phi) is 9.15. The van der Waals surface area contributed by atoms with Gasteiger partial charge in [-0.15, -0.1) is 0 Å². The van der Waals surface area contributed by atoms with Crippen LogP contribution in [-0.4, -0.2) is 6.18 Å². The number of unbranched alkanes of at least 4 members (excludes halogenated alkanes) is 2. The van der Waals surface area contributed by atoms with E-state index in [-0.39, 0.29) is 5.92 Å².